The molecule has 7 nitrogen and oxygen atoms in total. The first-order valence-electron chi connectivity index (χ1n) is 7.48. The van der Waals surface area contributed by atoms with Gasteiger partial charge in [0.05, 0.1) is 17.3 Å². The van der Waals surface area contributed by atoms with Crippen molar-refractivity contribution >= 4 is 33.5 Å². The lowest BCUT2D eigenvalue weighted by Gasteiger charge is -2.29. The maximum Gasteiger partial charge on any atom is 0.258 e. The topological polar surface area (TPSA) is 97.1 Å². The molecule has 2 unspecified atom stereocenters. The molecule has 9 heteroatoms. The molecule has 3 rings (SSSR count). The molecule has 1 saturated heterocycles. The summed E-state index contributed by atoms with van der Waals surface area (Å²) in [4.78, 5) is 4.21. The number of hydrogen-bond acceptors (Lipinski definition) is 6. The number of fused-ring (bicyclic) bond motifs is 1. The van der Waals surface area contributed by atoms with Gasteiger partial charge in [-0.2, -0.15) is 0 Å². The molecule has 0 spiro atoms. The Balaban J connectivity index is 0.00000192. The third kappa shape index (κ3) is 3.65. The molecule has 3 heterocycles. The first kappa shape index (κ1) is 18.1. The summed E-state index contributed by atoms with van der Waals surface area (Å²) >= 11 is 0. The smallest absolute Gasteiger partial charge is 0.258 e. The van der Waals surface area contributed by atoms with Crippen LogP contribution in [0.4, 0.5) is 0 Å². The molecule has 1 fully saturated rings. The first-order chi connectivity index (χ1) is 10.5. The molecule has 0 radical (unpaired) electrons. The highest BCUT2D eigenvalue weighted by molar-refractivity contribution is 7.89. The van der Waals surface area contributed by atoms with Gasteiger partial charge in [-0.1, -0.05) is 19.0 Å². The maximum absolute atomic E-state index is 12.6. The molecule has 23 heavy (non-hydrogen) atoms. The minimum Gasteiger partial charge on any atom is -0.336 e. The molecule has 1 aliphatic rings. The second-order valence-corrected chi connectivity index (χ2v) is 7.42. The number of aromatic nitrogens is 2. The standard InChI is InChI=1S/C14H20N4O3S.ClH/c1-3-12-11-6-10(7-16-14(11)21-17-12)22(19,20)18-13-8-15-5-4-9(13)2;/h6-7,9,13,15,18H,3-5,8H2,1-2H3;1H. The largest absolute Gasteiger partial charge is 0.336 e. The summed E-state index contributed by atoms with van der Waals surface area (Å²) < 4.78 is 33.0. The minimum absolute atomic E-state index is 0. The van der Waals surface area contributed by atoms with E-state index in [0.29, 0.717) is 35.7 Å². The molecule has 1 aliphatic heterocycles. The predicted molar refractivity (Wildman–Crippen MR) is 89.2 cm³/mol. The lowest BCUT2D eigenvalue weighted by atomic mass is 9.96. The van der Waals surface area contributed by atoms with Gasteiger partial charge in [0.25, 0.3) is 5.71 Å². The van der Waals surface area contributed by atoms with E-state index in [4.69, 9.17) is 4.52 Å². The fourth-order valence-corrected chi connectivity index (χ4v) is 3.99. The zero-order valence-corrected chi connectivity index (χ0v) is 14.7. The lowest BCUT2D eigenvalue weighted by molar-refractivity contribution is 0.327. The van der Waals surface area contributed by atoms with Crippen LogP contribution in [0.5, 0.6) is 0 Å². The zero-order chi connectivity index (χ0) is 15.7. The van der Waals surface area contributed by atoms with Crippen molar-refractivity contribution in [2.45, 2.75) is 37.6 Å². The van der Waals surface area contributed by atoms with Crippen molar-refractivity contribution in [3.8, 4) is 0 Å². The van der Waals surface area contributed by atoms with Crippen LogP contribution in [0, 0.1) is 5.92 Å². The van der Waals surface area contributed by atoms with Crippen molar-refractivity contribution in [3.05, 3.63) is 18.0 Å². The number of sulfonamides is 1. The van der Waals surface area contributed by atoms with E-state index < -0.39 is 10.0 Å². The van der Waals surface area contributed by atoms with E-state index in [-0.39, 0.29) is 23.3 Å². The van der Waals surface area contributed by atoms with Gasteiger partial charge >= 0.3 is 0 Å². The molecule has 0 saturated carbocycles. The molecule has 2 aromatic rings. The second-order valence-electron chi connectivity index (χ2n) is 5.70. The van der Waals surface area contributed by atoms with Crippen molar-refractivity contribution < 1.29 is 12.9 Å². The molecular weight excluding hydrogens is 340 g/mol. The van der Waals surface area contributed by atoms with E-state index in [9.17, 15) is 8.42 Å². The number of nitrogens with one attached hydrogen (secondary N) is 2. The third-order valence-electron chi connectivity index (χ3n) is 4.16. The monoisotopic (exact) mass is 360 g/mol. The Bertz CT molecular complexity index is 777. The SMILES string of the molecule is CCc1noc2ncc(S(=O)(=O)NC3CNCCC3C)cc12.Cl. The Labute approximate surface area is 141 Å². The van der Waals surface area contributed by atoms with Crippen LogP contribution in [-0.4, -0.2) is 37.7 Å². The number of rotatable bonds is 4. The molecule has 2 atom stereocenters. The van der Waals surface area contributed by atoms with Crippen LogP contribution in [0.25, 0.3) is 11.1 Å². The average Bonchev–Trinajstić information content (AvgIpc) is 2.91. The van der Waals surface area contributed by atoms with Gasteiger partial charge in [0.1, 0.15) is 4.90 Å². The van der Waals surface area contributed by atoms with Crippen LogP contribution >= 0.6 is 12.4 Å². The molecular formula is C14H21ClN4O3S. The van der Waals surface area contributed by atoms with Gasteiger partial charge in [-0.05, 0) is 31.4 Å². The van der Waals surface area contributed by atoms with Crippen molar-refractivity contribution in [2.75, 3.05) is 13.1 Å². The lowest BCUT2D eigenvalue weighted by Crippen LogP contribution is -2.50. The molecule has 0 amide bonds. The van der Waals surface area contributed by atoms with Gasteiger partial charge in [0, 0.05) is 12.6 Å². The Kier molecular flexibility index (Phi) is 5.61. The van der Waals surface area contributed by atoms with E-state index in [2.05, 4.69) is 27.1 Å². The molecule has 2 N–H and O–H groups in total. The zero-order valence-electron chi connectivity index (χ0n) is 13.1. The molecule has 128 valence electrons. The number of aryl methyl sites for hydroxylation is 1. The number of halogens is 1. The van der Waals surface area contributed by atoms with Crippen LogP contribution in [0.15, 0.2) is 21.7 Å². The van der Waals surface area contributed by atoms with Crippen molar-refractivity contribution in [2.24, 2.45) is 5.92 Å². The summed E-state index contributed by atoms with van der Waals surface area (Å²) in [6.07, 6.45) is 2.93. The quantitative estimate of drug-likeness (QED) is 0.857. The number of hydrogen-bond donors (Lipinski definition) is 2. The highest BCUT2D eigenvalue weighted by Crippen LogP contribution is 2.21. The predicted octanol–water partition coefficient (Wildman–Crippen LogP) is 1.48. The first-order valence-corrected chi connectivity index (χ1v) is 8.97. The summed E-state index contributed by atoms with van der Waals surface area (Å²) in [5, 5.41) is 7.77. The molecule has 0 bridgehead atoms. The van der Waals surface area contributed by atoms with Gasteiger partial charge in [-0.3, -0.25) is 0 Å². The van der Waals surface area contributed by atoms with E-state index >= 15 is 0 Å². The summed E-state index contributed by atoms with van der Waals surface area (Å²) in [6.45, 7) is 5.56. The van der Waals surface area contributed by atoms with Crippen LogP contribution in [0.1, 0.15) is 26.0 Å². The van der Waals surface area contributed by atoms with Crippen LogP contribution in [-0.2, 0) is 16.4 Å². The molecule has 0 aromatic carbocycles. The highest BCUT2D eigenvalue weighted by atomic mass is 35.5. The van der Waals surface area contributed by atoms with E-state index in [0.717, 1.165) is 13.0 Å². The van der Waals surface area contributed by atoms with Gasteiger partial charge in [0.15, 0.2) is 0 Å². The summed E-state index contributed by atoms with van der Waals surface area (Å²) in [5.41, 5.74) is 1.08. The van der Waals surface area contributed by atoms with Gasteiger partial charge in [-0.25, -0.2) is 18.1 Å². The van der Waals surface area contributed by atoms with Gasteiger partial charge in [-0.15, -0.1) is 12.4 Å². The van der Waals surface area contributed by atoms with Gasteiger partial charge < -0.3 is 9.84 Å². The average molecular weight is 361 g/mol. The van der Waals surface area contributed by atoms with Gasteiger partial charge in [0.2, 0.25) is 10.0 Å². The second kappa shape index (κ2) is 7.12. The fraction of sp³-hybridized carbons (Fsp3) is 0.571. The Morgan fingerprint density at radius 2 is 2.26 bits per heavy atom. The number of piperidine rings is 1. The fourth-order valence-electron chi connectivity index (χ4n) is 2.68. The normalized spacial score (nSPS) is 22.0. The highest BCUT2D eigenvalue weighted by Gasteiger charge is 2.27. The van der Waals surface area contributed by atoms with Crippen LogP contribution in [0.3, 0.4) is 0 Å². The number of pyridine rings is 1. The van der Waals surface area contributed by atoms with Crippen molar-refractivity contribution in [1.82, 2.24) is 20.2 Å². The molecule has 2 aromatic heterocycles. The van der Waals surface area contributed by atoms with E-state index in [1.807, 2.05) is 6.92 Å². The maximum atomic E-state index is 12.6. The van der Waals surface area contributed by atoms with E-state index in [1.54, 1.807) is 6.07 Å². The van der Waals surface area contributed by atoms with Crippen molar-refractivity contribution in [3.63, 3.8) is 0 Å². The van der Waals surface area contributed by atoms with E-state index in [1.165, 1.54) is 6.20 Å². The Hall–Kier alpha value is -1.22. The van der Waals surface area contributed by atoms with Crippen LogP contribution in [0.2, 0.25) is 0 Å². The molecule has 0 aliphatic carbocycles. The number of nitrogens with zero attached hydrogens (tertiary/aromatic N) is 2. The summed E-state index contributed by atoms with van der Waals surface area (Å²) in [7, 11) is -3.61. The van der Waals surface area contributed by atoms with Crippen molar-refractivity contribution in [1.29, 1.82) is 0 Å². The minimum atomic E-state index is -3.61. The van der Waals surface area contributed by atoms with Crippen LogP contribution < -0.4 is 10.0 Å². The summed E-state index contributed by atoms with van der Waals surface area (Å²) in [6, 6.07) is 1.48. The third-order valence-corrected chi connectivity index (χ3v) is 5.62. The Morgan fingerprint density at radius 3 is 2.96 bits per heavy atom. The summed E-state index contributed by atoms with van der Waals surface area (Å²) in [5.74, 6) is 0.300. The Morgan fingerprint density at radius 1 is 1.48 bits per heavy atom.